The van der Waals surface area contributed by atoms with Gasteiger partial charge in [-0.15, -0.1) is 0 Å². The number of nitrogens with one attached hydrogen (secondary N) is 1. The predicted octanol–water partition coefficient (Wildman–Crippen LogP) is 5.11. The second-order valence-corrected chi connectivity index (χ2v) is 6.88. The molecule has 0 saturated heterocycles. The summed E-state index contributed by atoms with van der Waals surface area (Å²) in [7, 11) is 0. The van der Waals surface area contributed by atoms with E-state index in [-0.39, 0.29) is 0 Å². The van der Waals surface area contributed by atoms with Crippen LogP contribution in [-0.2, 0) is 0 Å². The van der Waals surface area contributed by atoms with E-state index in [1.807, 2.05) is 37.4 Å². The molecule has 4 heteroatoms. The van der Waals surface area contributed by atoms with Crippen molar-refractivity contribution in [3.05, 3.63) is 65.9 Å². The Kier molecular flexibility index (Phi) is 3.85. The van der Waals surface area contributed by atoms with Crippen molar-refractivity contribution < 1.29 is 0 Å². The van der Waals surface area contributed by atoms with Crippen molar-refractivity contribution in [2.75, 3.05) is 5.32 Å². The first-order chi connectivity index (χ1) is 12.6. The van der Waals surface area contributed by atoms with E-state index in [0.29, 0.717) is 11.6 Å². The van der Waals surface area contributed by atoms with Crippen LogP contribution in [0.1, 0.15) is 25.0 Å². The van der Waals surface area contributed by atoms with Gasteiger partial charge in [0.1, 0.15) is 11.7 Å². The standard InChI is InChI=1S/C22H20N4/c1-14(2)25-17-9-7-16(8-10-17)21-20(12-23)19-11-15(3)13-24-22(19)26(21)18-5-4-6-18/h4-11,13-14,25H,1-3H3. The Bertz CT molecular complexity index is 1090. The molecule has 0 atom stereocenters. The van der Waals surface area contributed by atoms with Gasteiger partial charge >= 0.3 is 0 Å². The van der Waals surface area contributed by atoms with Crippen LogP contribution in [0.25, 0.3) is 28.0 Å². The summed E-state index contributed by atoms with van der Waals surface area (Å²) in [5, 5.41) is 14.2. The van der Waals surface area contributed by atoms with Crippen LogP contribution in [-0.4, -0.2) is 15.6 Å². The zero-order valence-electron chi connectivity index (χ0n) is 15.1. The molecule has 2 heterocycles. The molecule has 0 fully saturated rings. The van der Waals surface area contributed by atoms with Gasteiger partial charge in [-0.25, -0.2) is 4.98 Å². The first-order valence-electron chi connectivity index (χ1n) is 8.75. The molecular weight excluding hydrogens is 320 g/mol. The Morgan fingerprint density at radius 2 is 1.92 bits per heavy atom. The minimum atomic E-state index is 0.374. The van der Waals surface area contributed by atoms with E-state index < -0.39 is 0 Å². The third-order valence-corrected chi connectivity index (χ3v) is 4.46. The van der Waals surface area contributed by atoms with Crippen LogP contribution < -0.4 is 5.32 Å². The van der Waals surface area contributed by atoms with Gasteiger partial charge in [-0.2, -0.15) is 5.26 Å². The Morgan fingerprint density at radius 3 is 2.50 bits per heavy atom. The first kappa shape index (κ1) is 16.2. The van der Waals surface area contributed by atoms with Crippen LogP contribution in [0.3, 0.4) is 0 Å². The molecule has 0 aliphatic heterocycles. The average molecular weight is 340 g/mol. The fraction of sp³-hybridized carbons (Fsp3) is 0.182. The highest BCUT2D eigenvalue weighted by molar-refractivity contribution is 5.97. The van der Waals surface area contributed by atoms with Crippen LogP contribution in [0, 0.1) is 18.3 Å². The van der Waals surface area contributed by atoms with Crippen molar-refractivity contribution >= 4 is 22.4 Å². The number of anilines is 1. The lowest BCUT2D eigenvalue weighted by atomic mass is 10.0. The van der Waals surface area contributed by atoms with Crippen LogP contribution in [0.5, 0.6) is 0 Å². The van der Waals surface area contributed by atoms with Gasteiger partial charge in [0.2, 0.25) is 0 Å². The molecule has 1 N–H and O–H groups in total. The number of hydrogen-bond donors (Lipinski definition) is 1. The number of pyridine rings is 1. The lowest BCUT2D eigenvalue weighted by Gasteiger charge is -2.16. The summed E-state index contributed by atoms with van der Waals surface area (Å²) in [4.78, 5) is 4.62. The monoisotopic (exact) mass is 340 g/mol. The van der Waals surface area contributed by atoms with E-state index in [2.05, 4.69) is 59.1 Å². The molecule has 0 unspecified atom stereocenters. The molecule has 0 spiro atoms. The van der Waals surface area contributed by atoms with Gasteiger partial charge in [0, 0.05) is 34.6 Å². The number of nitrogens with zero attached hydrogens (tertiary/aromatic N) is 3. The number of allylic oxidation sites excluding steroid dienone is 4. The molecule has 4 rings (SSSR count). The minimum Gasteiger partial charge on any atom is -0.383 e. The minimum absolute atomic E-state index is 0.374. The number of aromatic nitrogens is 2. The third-order valence-electron chi connectivity index (χ3n) is 4.46. The Labute approximate surface area is 153 Å². The number of benzene rings is 1. The molecule has 0 amide bonds. The summed E-state index contributed by atoms with van der Waals surface area (Å²) in [6, 6.07) is 13.1. The van der Waals surface area contributed by atoms with Gasteiger partial charge in [0.25, 0.3) is 0 Å². The molecule has 1 aliphatic carbocycles. The van der Waals surface area contributed by atoms with Gasteiger partial charge in [0.15, 0.2) is 0 Å². The molecule has 1 aromatic carbocycles. The van der Waals surface area contributed by atoms with Gasteiger partial charge in [0.05, 0.1) is 11.3 Å². The van der Waals surface area contributed by atoms with E-state index in [1.54, 1.807) is 0 Å². The molecule has 4 nitrogen and oxygen atoms in total. The summed E-state index contributed by atoms with van der Waals surface area (Å²) in [5.74, 6) is 0. The van der Waals surface area contributed by atoms with Crippen molar-refractivity contribution in [1.82, 2.24) is 9.55 Å². The van der Waals surface area contributed by atoms with Crippen LogP contribution >= 0.6 is 0 Å². The van der Waals surface area contributed by atoms with E-state index in [4.69, 9.17) is 0 Å². The number of hydrogen-bond acceptors (Lipinski definition) is 3. The molecule has 3 aromatic rings. The lowest BCUT2D eigenvalue weighted by molar-refractivity contribution is 0.900. The number of nitriles is 1. The summed E-state index contributed by atoms with van der Waals surface area (Å²) < 4.78 is 2.08. The molecule has 1 aliphatic rings. The van der Waals surface area contributed by atoms with E-state index in [9.17, 15) is 5.26 Å². The Hall–Kier alpha value is -3.32. The van der Waals surface area contributed by atoms with Crippen molar-refractivity contribution in [3.63, 3.8) is 0 Å². The Balaban J connectivity index is 1.95. The topological polar surface area (TPSA) is 53.6 Å². The second kappa shape index (κ2) is 6.20. The number of fused-ring (bicyclic) bond motifs is 1. The summed E-state index contributed by atoms with van der Waals surface area (Å²) >= 11 is 0. The molecular formula is C22H20N4. The summed E-state index contributed by atoms with van der Waals surface area (Å²) in [5.41, 5.74) is 6.56. The highest BCUT2D eigenvalue weighted by atomic mass is 15.1. The summed E-state index contributed by atoms with van der Waals surface area (Å²) in [6.45, 7) is 6.23. The lowest BCUT2D eigenvalue weighted by Crippen LogP contribution is -2.09. The van der Waals surface area contributed by atoms with Crippen LogP contribution in [0.15, 0.2) is 54.8 Å². The van der Waals surface area contributed by atoms with Gasteiger partial charge in [-0.1, -0.05) is 18.2 Å². The fourth-order valence-corrected chi connectivity index (χ4v) is 3.30. The molecule has 0 saturated carbocycles. The molecule has 128 valence electrons. The molecule has 0 radical (unpaired) electrons. The van der Waals surface area contributed by atoms with Gasteiger partial charge in [-0.05, 0) is 56.7 Å². The smallest absolute Gasteiger partial charge is 0.146 e. The van der Waals surface area contributed by atoms with Crippen LogP contribution in [0.4, 0.5) is 5.69 Å². The van der Waals surface area contributed by atoms with Crippen molar-refractivity contribution in [2.24, 2.45) is 0 Å². The Morgan fingerprint density at radius 1 is 1.19 bits per heavy atom. The maximum Gasteiger partial charge on any atom is 0.146 e. The summed E-state index contributed by atoms with van der Waals surface area (Å²) in [6.07, 6.45) is 7.93. The predicted molar refractivity (Wildman–Crippen MR) is 107 cm³/mol. The number of aryl methyl sites for hydroxylation is 1. The first-order valence-corrected chi connectivity index (χ1v) is 8.75. The van der Waals surface area contributed by atoms with Crippen LogP contribution in [0.2, 0.25) is 0 Å². The highest BCUT2D eigenvalue weighted by Crippen LogP contribution is 2.37. The third kappa shape index (κ3) is 2.58. The van der Waals surface area contributed by atoms with Crippen molar-refractivity contribution in [3.8, 4) is 17.3 Å². The highest BCUT2D eigenvalue weighted by Gasteiger charge is 2.22. The van der Waals surface area contributed by atoms with E-state index in [0.717, 1.165) is 39.2 Å². The maximum atomic E-state index is 9.89. The van der Waals surface area contributed by atoms with Gasteiger partial charge in [-0.3, -0.25) is 4.57 Å². The number of rotatable bonds is 4. The zero-order chi connectivity index (χ0) is 18.3. The van der Waals surface area contributed by atoms with Gasteiger partial charge < -0.3 is 5.32 Å². The normalized spacial score (nSPS) is 12.8. The quantitative estimate of drug-likeness (QED) is 0.717. The average Bonchev–Trinajstić information content (AvgIpc) is 2.87. The molecule has 26 heavy (non-hydrogen) atoms. The second-order valence-electron chi connectivity index (χ2n) is 6.88. The molecule has 0 bridgehead atoms. The SMILES string of the molecule is Cc1cnc2c(c1)c(C#N)c(-c1ccc(NC(C)C)cc1)n2C1=CC=C1. The van der Waals surface area contributed by atoms with Crippen molar-refractivity contribution in [2.45, 2.75) is 26.8 Å². The van der Waals surface area contributed by atoms with Crippen molar-refractivity contribution in [1.29, 1.82) is 5.26 Å². The fourth-order valence-electron chi connectivity index (χ4n) is 3.30. The maximum absolute atomic E-state index is 9.89. The van der Waals surface area contributed by atoms with E-state index in [1.165, 1.54) is 0 Å². The van der Waals surface area contributed by atoms with E-state index >= 15 is 0 Å². The molecule has 2 aromatic heterocycles. The zero-order valence-corrected chi connectivity index (χ0v) is 15.1. The largest absolute Gasteiger partial charge is 0.383 e.